The van der Waals surface area contributed by atoms with Crippen LogP contribution in [-0.4, -0.2) is 60.4 Å². The van der Waals surface area contributed by atoms with Gasteiger partial charge in [0.05, 0.1) is 6.54 Å². The summed E-state index contributed by atoms with van der Waals surface area (Å²) in [6, 6.07) is 0.435. The number of hydrogen-bond donors (Lipinski definition) is 1. The Morgan fingerprint density at radius 1 is 0.826 bits per heavy atom. The molecule has 130 valence electrons. The Kier molecular flexibility index (Phi) is 5.92. The molecule has 0 atom stereocenters. The van der Waals surface area contributed by atoms with E-state index >= 15 is 0 Å². The fourth-order valence-electron chi connectivity index (χ4n) is 3.84. The Bertz CT molecular complexity index is 406. The van der Waals surface area contributed by atoms with Crippen LogP contribution in [0, 0.1) is 5.92 Å². The van der Waals surface area contributed by atoms with Crippen molar-refractivity contribution in [1.82, 2.24) is 15.1 Å². The third kappa shape index (κ3) is 4.69. The number of nitrogens with zero attached hydrogens (tertiary/aromatic N) is 2. The average molecular weight is 321 g/mol. The SMILES string of the molecule is O=C(NC1CCC1)C1CCN(CC(=O)N2CCCCCC2)CC1. The van der Waals surface area contributed by atoms with E-state index in [0.29, 0.717) is 12.6 Å². The Hall–Kier alpha value is -1.10. The molecule has 0 aromatic rings. The van der Waals surface area contributed by atoms with Gasteiger partial charge in [-0.15, -0.1) is 0 Å². The van der Waals surface area contributed by atoms with Crippen LogP contribution in [-0.2, 0) is 9.59 Å². The van der Waals surface area contributed by atoms with Crippen LogP contribution in [0.3, 0.4) is 0 Å². The van der Waals surface area contributed by atoms with Gasteiger partial charge in [0.25, 0.3) is 0 Å². The summed E-state index contributed by atoms with van der Waals surface area (Å²) in [5, 5.41) is 3.17. The summed E-state index contributed by atoms with van der Waals surface area (Å²) >= 11 is 0. The molecule has 0 radical (unpaired) electrons. The number of rotatable bonds is 4. The van der Waals surface area contributed by atoms with Gasteiger partial charge in [-0.1, -0.05) is 12.8 Å². The van der Waals surface area contributed by atoms with Crippen molar-refractivity contribution in [2.45, 2.75) is 63.8 Å². The van der Waals surface area contributed by atoms with E-state index in [1.165, 1.54) is 19.3 Å². The molecule has 2 amide bonds. The van der Waals surface area contributed by atoms with Crippen molar-refractivity contribution in [2.24, 2.45) is 5.92 Å². The fraction of sp³-hybridized carbons (Fsp3) is 0.889. The lowest BCUT2D eigenvalue weighted by atomic mass is 9.90. The predicted octanol–water partition coefficient (Wildman–Crippen LogP) is 1.77. The van der Waals surface area contributed by atoms with Crippen LogP contribution >= 0.6 is 0 Å². The maximum absolute atomic E-state index is 12.4. The van der Waals surface area contributed by atoms with Gasteiger partial charge < -0.3 is 10.2 Å². The Balaban J connectivity index is 1.38. The Labute approximate surface area is 139 Å². The van der Waals surface area contributed by atoms with Crippen molar-refractivity contribution in [2.75, 3.05) is 32.7 Å². The quantitative estimate of drug-likeness (QED) is 0.858. The van der Waals surface area contributed by atoms with E-state index in [4.69, 9.17) is 0 Å². The lowest BCUT2D eigenvalue weighted by Gasteiger charge is -2.34. The van der Waals surface area contributed by atoms with Gasteiger partial charge in [-0.25, -0.2) is 0 Å². The van der Waals surface area contributed by atoms with Gasteiger partial charge in [-0.05, 0) is 58.0 Å². The number of carbonyl (C=O) groups excluding carboxylic acids is 2. The first kappa shape index (κ1) is 16.7. The van der Waals surface area contributed by atoms with E-state index in [-0.39, 0.29) is 17.7 Å². The lowest BCUT2D eigenvalue weighted by molar-refractivity contribution is -0.133. The maximum atomic E-state index is 12.4. The molecule has 23 heavy (non-hydrogen) atoms. The van der Waals surface area contributed by atoms with Crippen LogP contribution in [0.25, 0.3) is 0 Å². The lowest BCUT2D eigenvalue weighted by Crippen LogP contribution is -2.48. The zero-order valence-electron chi connectivity index (χ0n) is 14.3. The van der Waals surface area contributed by atoms with E-state index in [2.05, 4.69) is 10.2 Å². The highest BCUT2D eigenvalue weighted by molar-refractivity contribution is 5.80. The van der Waals surface area contributed by atoms with Crippen molar-refractivity contribution in [3.63, 3.8) is 0 Å². The normalized spacial score (nSPS) is 24.8. The first-order valence-corrected chi connectivity index (χ1v) is 9.53. The molecule has 3 fully saturated rings. The molecule has 2 heterocycles. The number of piperidine rings is 1. The molecule has 0 aromatic carbocycles. The van der Waals surface area contributed by atoms with Crippen molar-refractivity contribution < 1.29 is 9.59 Å². The van der Waals surface area contributed by atoms with Gasteiger partial charge in [0, 0.05) is 25.0 Å². The summed E-state index contributed by atoms with van der Waals surface area (Å²) in [6.45, 7) is 4.15. The minimum absolute atomic E-state index is 0.153. The topological polar surface area (TPSA) is 52.7 Å². The first-order valence-electron chi connectivity index (χ1n) is 9.53. The molecule has 2 saturated heterocycles. The number of likely N-dealkylation sites (tertiary alicyclic amines) is 2. The molecule has 5 nitrogen and oxygen atoms in total. The van der Waals surface area contributed by atoms with E-state index in [0.717, 1.165) is 64.7 Å². The second-order valence-electron chi connectivity index (χ2n) is 7.48. The third-order valence-electron chi connectivity index (χ3n) is 5.73. The molecule has 3 rings (SSSR count). The van der Waals surface area contributed by atoms with E-state index in [1.54, 1.807) is 0 Å². The van der Waals surface area contributed by atoms with Crippen molar-refractivity contribution in [3.05, 3.63) is 0 Å². The monoisotopic (exact) mass is 321 g/mol. The minimum Gasteiger partial charge on any atom is -0.353 e. The van der Waals surface area contributed by atoms with Crippen molar-refractivity contribution >= 4 is 11.8 Å². The summed E-state index contributed by atoms with van der Waals surface area (Å²) in [5.41, 5.74) is 0. The van der Waals surface area contributed by atoms with Crippen LogP contribution in [0.4, 0.5) is 0 Å². The summed E-state index contributed by atoms with van der Waals surface area (Å²) < 4.78 is 0. The summed E-state index contributed by atoms with van der Waals surface area (Å²) in [4.78, 5) is 28.9. The fourth-order valence-corrected chi connectivity index (χ4v) is 3.84. The molecule has 5 heteroatoms. The van der Waals surface area contributed by atoms with Crippen LogP contribution in [0.5, 0.6) is 0 Å². The highest BCUT2D eigenvalue weighted by atomic mass is 16.2. The van der Waals surface area contributed by atoms with Crippen LogP contribution in [0.1, 0.15) is 57.8 Å². The average Bonchev–Trinajstić information content (AvgIpc) is 2.80. The smallest absolute Gasteiger partial charge is 0.236 e. The zero-order valence-corrected chi connectivity index (χ0v) is 14.3. The molecular weight excluding hydrogens is 290 g/mol. The standard InChI is InChI=1S/C18H31N3O2/c22-17(21-10-3-1-2-4-11-21)14-20-12-8-15(9-13-20)18(23)19-16-6-5-7-16/h15-16H,1-14H2,(H,19,23). The molecule has 2 aliphatic heterocycles. The van der Waals surface area contributed by atoms with E-state index < -0.39 is 0 Å². The second kappa shape index (κ2) is 8.13. The van der Waals surface area contributed by atoms with Crippen LogP contribution in [0.2, 0.25) is 0 Å². The summed E-state index contributed by atoms with van der Waals surface area (Å²) in [5.74, 6) is 0.678. The third-order valence-corrected chi connectivity index (χ3v) is 5.73. The summed E-state index contributed by atoms with van der Waals surface area (Å²) in [7, 11) is 0. The zero-order chi connectivity index (χ0) is 16.1. The molecule has 0 aromatic heterocycles. The Morgan fingerprint density at radius 2 is 1.48 bits per heavy atom. The number of amides is 2. The maximum Gasteiger partial charge on any atom is 0.236 e. The summed E-state index contributed by atoms with van der Waals surface area (Å²) in [6.07, 6.45) is 10.1. The number of nitrogens with one attached hydrogen (secondary N) is 1. The van der Waals surface area contributed by atoms with E-state index in [1.807, 2.05) is 4.90 Å². The van der Waals surface area contributed by atoms with Crippen molar-refractivity contribution in [1.29, 1.82) is 0 Å². The van der Waals surface area contributed by atoms with Gasteiger partial charge in [-0.2, -0.15) is 0 Å². The molecule has 0 unspecified atom stereocenters. The Morgan fingerprint density at radius 3 is 2.04 bits per heavy atom. The number of carbonyl (C=O) groups is 2. The number of hydrogen-bond acceptors (Lipinski definition) is 3. The van der Waals surface area contributed by atoms with Gasteiger partial charge in [0.2, 0.25) is 11.8 Å². The highest BCUT2D eigenvalue weighted by Crippen LogP contribution is 2.22. The molecule has 1 saturated carbocycles. The van der Waals surface area contributed by atoms with Crippen LogP contribution < -0.4 is 5.32 Å². The molecule has 3 aliphatic rings. The highest BCUT2D eigenvalue weighted by Gasteiger charge is 2.29. The minimum atomic E-state index is 0.153. The second-order valence-corrected chi connectivity index (χ2v) is 7.48. The van der Waals surface area contributed by atoms with Gasteiger partial charge in [-0.3, -0.25) is 14.5 Å². The van der Waals surface area contributed by atoms with Gasteiger partial charge in [0.1, 0.15) is 0 Å². The predicted molar refractivity (Wildman–Crippen MR) is 90.0 cm³/mol. The van der Waals surface area contributed by atoms with Crippen LogP contribution in [0.15, 0.2) is 0 Å². The van der Waals surface area contributed by atoms with Gasteiger partial charge >= 0.3 is 0 Å². The van der Waals surface area contributed by atoms with Gasteiger partial charge in [0.15, 0.2) is 0 Å². The molecule has 0 spiro atoms. The molecule has 1 N–H and O–H groups in total. The molecule has 1 aliphatic carbocycles. The largest absolute Gasteiger partial charge is 0.353 e. The van der Waals surface area contributed by atoms with E-state index in [9.17, 15) is 9.59 Å². The molecular formula is C18H31N3O2. The van der Waals surface area contributed by atoms with Crippen molar-refractivity contribution in [3.8, 4) is 0 Å². The first-order chi connectivity index (χ1) is 11.2. The molecule has 0 bridgehead atoms.